The third-order valence-corrected chi connectivity index (χ3v) is 2.35. The highest BCUT2D eigenvalue weighted by Gasteiger charge is 2.22. The molecule has 1 aromatic carbocycles. The summed E-state index contributed by atoms with van der Waals surface area (Å²) in [5, 5.41) is 0. The average molecular weight is 231 g/mol. The van der Waals surface area contributed by atoms with E-state index in [4.69, 9.17) is 0 Å². The summed E-state index contributed by atoms with van der Waals surface area (Å²) in [6.45, 7) is 0.554. The van der Waals surface area contributed by atoms with Crippen molar-refractivity contribution in [2.45, 2.75) is 6.54 Å². The Hall–Kier alpha value is -2.43. The Balaban J connectivity index is 2.06. The number of rotatable bonds is 4. The normalized spacial score (nSPS) is 14.2. The number of carbonyl (C=O) groups is 3. The smallest absolute Gasteiger partial charge is 0.298 e. The number of nitrogens with zero attached hydrogens (tertiary/aromatic N) is 1. The predicted molar refractivity (Wildman–Crippen MR) is 57.8 cm³/mol. The molecule has 0 saturated heterocycles. The van der Waals surface area contributed by atoms with Crippen LogP contribution in [0.15, 0.2) is 36.4 Å². The van der Waals surface area contributed by atoms with Crippen molar-refractivity contribution in [3.63, 3.8) is 0 Å². The molecule has 0 aromatic heterocycles. The average Bonchev–Trinajstić information content (AvgIpc) is 2.64. The number of ether oxygens (including phenoxy) is 1. The Bertz CT molecular complexity index is 472. The molecule has 17 heavy (non-hydrogen) atoms. The molecule has 0 spiro atoms. The molecule has 1 heterocycles. The summed E-state index contributed by atoms with van der Waals surface area (Å²) < 4.78 is 4.63. The van der Waals surface area contributed by atoms with Gasteiger partial charge in [-0.05, 0) is 17.7 Å². The molecule has 0 unspecified atom stereocenters. The SMILES string of the molecule is O=COc1ccc(CN2C(=O)C=CC2=O)cc1. The Kier molecular flexibility index (Phi) is 3.00. The van der Waals surface area contributed by atoms with Gasteiger partial charge in [-0.15, -0.1) is 0 Å². The molecular weight excluding hydrogens is 222 g/mol. The van der Waals surface area contributed by atoms with Crippen LogP contribution < -0.4 is 4.74 Å². The zero-order chi connectivity index (χ0) is 12.3. The van der Waals surface area contributed by atoms with Crippen molar-refractivity contribution in [2.24, 2.45) is 0 Å². The summed E-state index contributed by atoms with van der Waals surface area (Å²) in [5.41, 5.74) is 0.786. The molecule has 1 aromatic rings. The highest BCUT2D eigenvalue weighted by Crippen LogP contribution is 2.15. The number of amides is 2. The van der Waals surface area contributed by atoms with Gasteiger partial charge < -0.3 is 4.74 Å². The van der Waals surface area contributed by atoms with Gasteiger partial charge in [0.1, 0.15) is 5.75 Å². The monoisotopic (exact) mass is 231 g/mol. The molecule has 2 rings (SSSR count). The van der Waals surface area contributed by atoms with Gasteiger partial charge in [-0.2, -0.15) is 0 Å². The first-order valence-electron chi connectivity index (χ1n) is 4.93. The third-order valence-electron chi connectivity index (χ3n) is 2.35. The summed E-state index contributed by atoms with van der Waals surface area (Å²) in [7, 11) is 0. The van der Waals surface area contributed by atoms with Gasteiger partial charge in [-0.1, -0.05) is 12.1 Å². The van der Waals surface area contributed by atoms with Crippen molar-refractivity contribution in [1.82, 2.24) is 4.90 Å². The lowest BCUT2D eigenvalue weighted by Crippen LogP contribution is -2.29. The van der Waals surface area contributed by atoms with E-state index in [2.05, 4.69) is 4.74 Å². The number of hydrogen-bond acceptors (Lipinski definition) is 4. The third kappa shape index (κ3) is 2.39. The molecule has 5 heteroatoms. The fourth-order valence-electron chi connectivity index (χ4n) is 1.50. The zero-order valence-corrected chi connectivity index (χ0v) is 8.83. The maximum absolute atomic E-state index is 11.3. The van der Waals surface area contributed by atoms with Gasteiger partial charge in [0.2, 0.25) is 0 Å². The maximum atomic E-state index is 11.3. The molecule has 5 nitrogen and oxygen atoms in total. The van der Waals surface area contributed by atoms with Crippen LogP contribution in [-0.2, 0) is 20.9 Å². The van der Waals surface area contributed by atoms with Gasteiger partial charge >= 0.3 is 0 Å². The molecule has 0 N–H and O–H groups in total. The van der Waals surface area contributed by atoms with Crippen molar-refractivity contribution in [3.05, 3.63) is 42.0 Å². The van der Waals surface area contributed by atoms with Gasteiger partial charge in [0, 0.05) is 12.2 Å². The molecule has 0 saturated carbocycles. The van der Waals surface area contributed by atoms with E-state index in [-0.39, 0.29) is 18.4 Å². The first-order valence-corrected chi connectivity index (χ1v) is 4.93. The zero-order valence-electron chi connectivity index (χ0n) is 8.83. The summed E-state index contributed by atoms with van der Waals surface area (Å²) >= 11 is 0. The number of imide groups is 1. The van der Waals surface area contributed by atoms with E-state index in [1.165, 1.54) is 12.2 Å². The van der Waals surface area contributed by atoms with Crippen molar-refractivity contribution in [2.75, 3.05) is 0 Å². The molecule has 86 valence electrons. The van der Waals surface area contributed by atoms with E-state index >= 15 is 0 Å². The lowest BCUT2D eigenvalue weighted by atomic mass is 10.2. The summed E-state index contributed by atoms with van der Waals surface area (Å²) in [5.74, 6) is -0.215. The molecule has 0 atom stereocenters. The van der Waals surface area contributed by atoms with Crippen LogP contribution in [0, 0.1) is 0 Å². The predicted octanol–water partition coefficient (Wildman–Crippen LogP) is 0.647. The molecule has 1 aliphatic rings. The van der Waals surface area contributed by atoms with Crippen LogP contribution in [0.5, 0.6) is 5.75 Å². The quantitative estimate of drug-likeness (QED) is 0.563. The van der Waals surface area contributed by atoms with Gasteiger partial charge in [-0.3, -0.25) is 19.3 Å². The Morgan fingerprint density at radius 2 is 1.65 bits per heavy atom. The Morgan fingerprint density at radius 1 is 1.06 bits per heavy atom. The second-order valence-corrected chi connectivity index (χ2v) is 3.45. The fraction of sp³-hybridized carbons (Fsp3) is 0.0833. The van der Waals surface area contributed by atoms with Gasteiger partial charge in [0.25, 0.3) is 18.3 Å². The van der Waals surface area contributed by atoms with Crippen molar-refractivity contribution < 1.29 is 19.1 Å². The van der Waals surface area contributed by atoms with Crippen LogP contribution >= 0.6 is 0 Å². The van der Waals surface area contributed by atoms with Crippen molar-refractivity contribution in [1.29, 1.82) is 0 Å². The Labute approximate surface area is 97.3 Å². The molecule has 0 radical (unpaired) electrons. The molecule has 0 bridgehead atoms. The minimum absolute atomic E-state index is 0.214. The van der Waals surface area contributed by atoms with Crippen LogP contribution in [0.3, 0.4) is 0 Å². The van der Waals surface area contributed by atoms with Crippen molar-refractivity contribution >= 4 is 18.3 Å². The van der Waals surface area contributed by atoms with E-state index in [9.17, 15) is 14.4 Å². The topological polar surface area (TPSA) is 63.7 Å². The van der Waals surface area contributed by atoms with Crippen LogP contribution in [0.25, 0.3) is 0 Å². The molecule has 1 aliphatic heterocycles. The van der Waals surface area contributed by atoms with Gasteiger partial charge in [-0.25, -0.2) is 0 Å². The molecular formula is C12H9NO4. The maximum Gasteiger partial charge on any atom is 0.298 e. The minimum atomic E-state index is -0.316. The van der Waals surface area contributed by atoms with Crippen LogP contribution in [0.4, 0.5) is 0 Å². The van der Waals surface area contributed by atoms with E-state index in [1.54, 1.807) is 24.3 Å². The van der Waals surface area contributed by atoms with Gasteiger partial charge in [0.05, 0.1) is 6.54 Å². The second-order valence-electron chi connectivity index (χ2n) is 3.45. The van der Waals surface area contributed by atoms with E-state index < -0.39 is 0 Å². The van der Waals surface area contributed by atoms with Crippen LogP contribution in [0.2, 0.25) is 0 Å². The highest BCUT2D eigenvalue weighted by molar-refractivity contribution is 6.12. The molecule has 0 fully saturated rings. The van der Waals surface area contributed by atoms with E-state index in [0.29, 0.717) is 12.2 Å². The van der Waals surface area contributed by atoms with Crippen LogP contribution in [-0.4, -0.2) is 23.2 Å². The lowest BCUT2D eigenvalue weighted by Gasteiger charge is -2.13. The largest absolute Gasteiger partial charge is 0.429 e. The second kappa shape index (κ2) is 4.61. The lowest BCUT2D eigenvalue weighted by molar-refractivity contribution is -0.137. The fourth-order valence-corrected chi connectivity index (χ4v) is 1.50. The van der Waals surface area contributed by atoms with Crippen LogP contribution in [0.1, 0.15) is 5.56 Å². The summed E-state index contributed by atoms with van der Waals surface area (Å²) in [4.78, 5) is 33.8. The summed E-state index contributed by atoms with van der Waals surface area (Å²) in [6, 6.07) is 6.58. The molecule has 0 aliphatic carbocycles. The first-order chi connectivity index (χ1) is 8.20. The van der Waals surface area contributed by atoms with E-state index in [1.807, 2.05) is 0 Å². The summed E-state index contributed by atoms with van der Waals surface area (Å²) in [6.07, 6.45) is 2.48. The number of carbonyl (C=O) groups excluding carboxylic acids is 3. The van der Waals surface area contributed by atoms with Gasteiger partial charge in [0.15, 0.2) is 0 Å². The Morgan fingerprint density at radius 3 is 2.18 bits per heavy atom. The van der Waals surface area contributed by atoms with E-state index in [0.717, 1.165) is 10.5 Å². The van der Waals surface area contributed by atoms with Crippen molar-refractivity contribution in [3.8, 4) is 5.75 Å². The number of hydrogen-bond donors (Lipinski definition) is 0. The number of benzene rings is 1. The standard InChI is InChI=1S/C12H9NO4/c14-8-17-10-3-1-9(2-4-10)7-13-11(15)5-6-12(13)16/h1-6,8H,7H2. The minimum Gasteiger partial charge on any atom is -0.429 e. The highest BCUT2D eigenvalue weighted by atomic mass is 16.5. The molecule has 2 amide bonds. The first kappa shape index (κ1) is 11.1.